The van der Waals surface area contributed by atoms with Gasteiger partial charge in [-0.1, -0.05) is 12.1 Å². The largest absolute Gasteiger partial charge is 0.356 e. The average molecular weight is 209 g/mol. The van der Waals surface area contributed by atoms with Gasteiger partial charge >= 0.3 is 0 Å². The quantitative estimate of drug-likeness (QED) is 0.809. The first-order valence-electron chi connectivity index (χ1n) is 4.52. The van der Waals surface area contributed by atoms with Gasteiger partial charge in [0.15, 0.2) is 5.43 Å². The second-order valence-corrected chi connectivity index (χ2v) is 3.27. The van der Waals surface area contributed by atoms with Crippen molar-refractivity contribution in [3.8, 4) is 0 Å². The molecule has 0 spiro atoms. The smallest absolute Gasteiger partial charge is 0.189 e. The van der Waals surface area contributed by atoms with E-state index in [-0.39, 0.29) is 11.1 Å². The lowest BCUT2D eigenvalue weighted by Crippen LogP contribution is -2.05. The first kappa shape index (κ1) is 9.83. The molecular weight excluding hydrogens is 200 g/mol. The number of para-hydroxylation sites is 1. The molecule has 0 aliphatic rings. The van der Waals surface area contributed by atoms with Crippen molar-refractivity contribution >= 4 is 10.9 Å². The Morgan fingerprint density at radius 1 is 1.20 bits per heavy atom. The molecule has 0 amide bonds. The number of nitrogens with one attached hydrogen (secondary N) is 1. The van der Waals surface area contributed by atoms with E-state index in [2.05, 4.69) is 4.98 Å². The zero-order valence-corrected chi connectivity index (χ0v) is 7.89. The maximum atomic E-state index is 12.6. The van der Waals surface area contributed by atoms with E-state index in [1.807, 2.05) is 0 Å². The van der Waals surface area contributed by atoms with E-state index in [1.54, 1.807) is 18.2 Å². The highest BCUT2D eigenvalue weighted by Crippen LogP contribution is 2.15. The molecule has 0 aliphatic heterocycles. The Bertz CT molecular complexity index is 548. The third kappa shape index (κ3) is 1.63. The molecule has 2 aromatic rings. The summed E-state index contributed by atoms with van der Waals surface area (Å²) in [6.07, 6.45) is 0. The van der Waals surface area contributed by atoms with Crippen LogP contribution in [0.4, 0.5) is 8.78 Å². The van der Waals surface area contributed by atoms with Crippen LogP contribution < -0.4 is 5.43 Å². The number of halogens is 2. The standard InChI is InChI=1S/C11H9F2NO/c12-5-7-2-1-3-9-10(15)4-8(6-13)14-11(7)9/h1-4H,5-6H2,(H,14,15). The normalized spacial score (nSPS) is 10.8. The summed E-state index contributed by atoms with van der Waals surface area (Å²) >= 11 is 0. The lowest BCUT2D eigenvalue weighted by Gasteiger charge is -2.04. The van der Waals surface area contributed by atoms with Crippen LogP contribution in [0.3, 0.4) is 0 Å². The highest BCUT2D eigenvalue weighted by Gasteiger charge is 2.05. The van der Waals surface area contributed by atoms with Gasteiger partial charge in [-0.2, -0.15) is 0 Å². The van der Waals surface area contributed by atoms with Gasteiger partial charge in [0.25, 0.3) is 0 Å². The molecule has 0 saturated carbocycles. The molecule has 1 aromatic carbocycles. The number of aromatic nitrogens is 1. The van der Waals surface area contributed by atoms with Crippen LogP contribution in [0.1, 0.15) is 11.3 Å². The number of H-pyrrole nitrogens is 1. The molecule has 15 heavy (non-hydrogen) atoms. The summed E-state index contributed by atoms with van der Waals surface area (Å²) in [7, 11) is 0. The van der Waals surface area contributed by atoms with Gasteiger partial charge in [-0.25, -0.2) is 8.78 Å². The van der Waals surface area contributed by atoms with Crippen molar-refractivity contribution in [2.75, 3.05) is 0 Å². The number of alkyl halides is 2. The van der Waals surface area contributed by atoms with Gasteiger partial charge in [-0.3, -0.25) is 4.79 Å². The van der Waals surface area contributed by atoms with E-state index >= 15 is 0 Å². The van der Waals surface area contributed by atoms with Crippen LogP contribution in [0.25, 0.3) is 10.9 Å². The van der Waals surface area contributed by atoms with Crippen LogP contribution in [0.2, 0.25) is 0 Å². The van der Waals surface area contributed by atoms with Crippen molar-refractivity contribution in [1.29, 1.82) is 0 Å². The topological polar surface area (TPSA) is 32.9 Å². The molecule has 0 unspecified atom stereocenters. The number of aromatic amines is 1. The van der Waals surface area contributed by atoms with Crippen molar-refractivity contribution in [3.05, 3.63) is 45.7 Å². The molecule has 1 N–H and O–H groups in total. The zero-order chi connectivity index (χ0) is 10.8. The predicted molar refractivity (Wildman–Crippen MR) is 54.2 cm³/mol. The van der Waals surface area contributed by atoms with Crippen LogP contribution in [0, 0.1) is 0 Å². The second kappa shape index (κ2) is 3.81. The number of fused-ring (bicyclic) bond motifs is 1. The molecule has 2 rings (SSSR count). The van der Waals surface area contributed by atoms with E-state index in [0.29, 0.717) is 16.5 Å². The lowest BCUT2D eigenvalue weighted by molar-refractivity contribution is 0.475. The lowest BCUT2D eigenvalue weighted by atomic mass is 10.1. The number of hydrogen-bond donors (Lipinski definition) is 1. The number of hydrogen-bond acceptors (Lipinski definition) is 1. The Hall–Kier alpha value is -1.71. The number of benzene rings is 1. The maximum absolute atomic E-state index is 12.6. The molecule has 0 radical (unpaired) electrons. The summed E-state index contributed by atoms with van der Waals surface area (Å²) in [5.41, 5.74) is 0.653. The highest BCUT2D eigenvalue weighted by atomic mass is 19.1. The maximum Gasteiger partial charge on any atom is 0.189 e. The van der Waals surface area contributed by atoms with Gasteiger partial charge < -0.3 is 4.98 Å². The van der Waals surface area contributed by atoms with Crippen LogP contribution >= 0.6 is 0 Å². The van der Waals surface area contributed by atoms with Crippen LogP contribution in [-0.4, -0.2) is 4.98 Å². The molecule has 4 heteroatoms. The summed E-state index contributed by atoms with van der Waals surface area (Å²) in [6, 6.07) is 5.97. The van der Waals surface area contributed by atoms with Gasteiger partial charge in [-0.15, -0.1) is 0 Å². The number of pyridine rings is 1. The first-order chi connectivity index (χ1) is 7.26. The third-order valence-electron chi connectivity index (χ3n) is 2.30. The van der Waals surface area contributed by atoms with E-state index in [9.17, 15) is 13.6 Å². The first-order valence-corrected chi connectivity index (χ1v) is 4.52. The van der Waals surface area contributed by atoms with Crippen molar-refractivity contribution in [3.63, 3.8) is 0 Å². The Balaban J connectivity index is 2.85. The minimum absolute atomic E-state index is 0.174. The Morgan fingerprint density at radius 2 is 2.00 bits per heavy atom. The predicted octanol–water partition coefficient (Wildman–Crippen LogP) is 2.47. The van der Waals surface area contributed by atoms with Crippen LogP contribution in [-0.2, 0) is 13.3 Å². The molecular formula is C11H9F2NO. The molecule has 2 nitrogen and oxygen atoms in total. The van der Waals surface area contributed by atoms with E-state index < -0.39 is 13.3 Å². The van der Waals surface area contributed by atoms with Crippen LogP contribution in [0.15, 0.2) is 29.1 Å². The fourth-order valence-electron chi connectivity index (χ4n) is 1.57. The Morgan fingerprint density at radius 3 is 2.67 bits per heavy atom. The highest BCUT2D eigenvalue weighted by molar-refractivity contribution is 5.81. The Labute approximate surface area is 84.6 Å². The summed E-state index contributed by atoms with van der Waals surface area (Å²) in [5, 5.41) is 0.391. The SMILES string of the molecule is O=c1cc(CF)[nH]c2c(CF)cccc12. The number of rotatable bonds is 2. The zero-order valence-electron chi connectivity index (χ0n) is 7.89. The molecule has 1 heterocycles. The van der Waals surface area contributed by atoms with E-state index in [1.165, 1.54) is 6.07 Å². The molecule has 1 aromatic heterocycles. The van der Waals surface area contributed by atoms with Gasteiger partial charge in [0.05, 0.1) is 11.2 Å². The second-order valence-electron chi connectivity index (χ2n) is 3.27. The minimum Gasteiger partial charge on any atom is -0.356 e. The van der Waals surface area contributed by atoms with Gasteiger partial charge in [-0.05, 0) is 6.07 Å². The van der Waals surface area contributed by atoms with Crippen LogP contribution in [0.5, 0.6) is 0 Å². The van der Waals surface area contributed by atoms with Crippen molar-refractivity contribution < 1.29 is 8.78 Å². The summed E-state index contributed by atoms with van der Waals surface area (Å²) in [4.78, 5) is 14.2. The molecule has 78 valence electrons. The average Bonchev–Trinajstić information content (AvgIpc) is 2.28. The molecule has 0 saturated heterocycles. The fraction of sp³-hybridized carbons (Fsp3) is 0.182. The summed E-state index contributed by atoms with van der Waals surface area (Å²) < 4.78 is 25.0. The molecule has 0 aliphatic carbocycles. The van der Waals surface area contributed by atoms with Crippen molar-refractivity contribution in [2.45, 2.75) is 13.3 Å². The van der Waals surface area contributed by atoms with Crippen molar-refractivity contribution in [2.24, 2.45) is 0 Å². The van der Waals surface area contributed by atoms with E-state index in [4.69, 9.17) is 0 Å². The minimum atomic E-state index is -0.758. The Kier molecular flexibility index (Phi) is 2.49. The van der Waals surface area contributed by atoms with Gasteiger partial charge in [0.2, 0.25) is 0 Å². The summed E-state index contributed by atoms with van der Waals surface area (Å²) in [5.74, 6) is 0. The molecule has 0 fully saturated rings. The van der Waals surface area contributed by atoms with E-state index in [0.717, 1.165) is 0 Å². The van der Waals surface area contributed by atoms with Gasteiger partial charge in [0, 0.05) is 17.0 Å². The van der Waals surface area contributed by atoms with Crippen molar-refractivity contribution in [1.82, 2.24) is 4.98 Å². The monoisotopic (exact) mass is 209 g/mol. The molecule has 0 atom stereocenters. The third-order valence-corrected chi connectivity index (χ3v) is 2.30. The molecule has 0 bridgehead atoms. The summed E-state index contributed by atoms with van der Waals surface area (Å²) in [6.45, 7) is -1.44. The van der Waals surface area contributed by atoms with Gasteiger partial charge in [0.1, 0.15) is 13.3 Å². The fourth-order valence-corrected chi connectivity index (χ4v) is 1.57.